The summed E-state index contributed by atoms with van der Waals surface area (Å²) in [7, 11) is 1.80. The molecule has 1 aliphatic rings. The molecule has 2 aromatic carbocycles. The van der Waals surface area contributed by atoms with Crippen LogP contribution in [0.5, 0.6) is 0 Å². The van der Waals surface area contributed by atoms with E-state index in [0.717, 1.165) is 33.7 Å². The van der Waals surface area contributed by atoms with Crippen molar-refractivity contribution < 1.29 is 14.3 Å². The molecule has 0 bridgehead atoms. The topological polar surface area (TPSA) is 79.4 Å². The zero-order chi connectivity index (χ0) is 23.3. The van der Waals surface area contributed by atoms with E-state index in [1.807, 2.05) is 31.3 Å². The highest BCUT2D eigenvalue weighted by Gasteiger charge is 2.33. The summed E-state index contributed by atoms with van der Waals surface area (Å²) in [5, 5.41) is 19.1. The average molecular weight is 449 g/mol. The van der Waals surface area contributed by atoms with Crippen LogP contribution in [-0.4, -0.2) is 49.8 Å². The van der Waals surface area contributed by atoms with Crippen LogP contribution in [0.4, 0.5) is 21.6 Å². The van der Waals surface area contributed by atoms with Gasteiger partial charge in [-0.25, -0.2) is 4.39 Å². The first-order valence-corrected chi connectivity index (χ1v) is 10.8. The maximum Gasteiger partial charge on any atom is 0.224 e. The second-order valence-corrected chi connectivity index (χ2v) is 8.38. The van der Waals surface area contributed by atoms with Crippen LogP contribution in [0, 0.1) is 5.82 Å². The molecule has 1 amide bonds. The maximum atomic E-state index is 13.9. The number of hydrogen-bond donors (Lipinski definition) is 1. The molecule has 170 valence electrons. The van der Waals surface area contributed by atoms with E-state index in [4.69, 9.17) is 5.10 Å². The molecule has 5 rings (SSSR count). The van der Waals surface area contributed by atoms with E-state index >= 15 is 0 Å². The first-order valence-electron chi connectivity index (χ1n) is 10.8. The Morgan fingerprint density at radius 3 is 2.76 bits per heavy atom. The number of carbonyl (C=O) groups excluding carboxylic acids is 1. The molecule has 0 spiro atoms. The van der Waals surface area contributed by atoms with Crippen molar-refractivity contribution in [3.63, 3.8) is 0 Å². The number of aryl methyl sites for hydroxylation is 1. The first kappa shape index (κ1) is 21.1. The molecule has 0 saturated carbocycles. The molecule has 1 N–H and O–H groups in total. The molecule has 1 aliphatic heterocycles. The van der Waals surface area contributed by atoms with E-state index < -0.39 is 0 Å². The minimum absolute atomic E-state index is 0.0118. The third kappa shape index (κ3) is 3.54. The predicted molar refractivity (Wildman–Crippen MR) is 125 cm³/mol. The number of carbonyl (C=O) groups is 1. The Hall–Kier alpha value is -3.72. The van der Waals surface area contributed by atoms with Crippen LogP contribution in [0.15, 0.2) is 48.8 Å². The van der Waals surface area contributed by atoms with Gasteiger partial charge in [0, 0.05) is 37.7 Å². The van der Waals surface area contributed by atoms with Gasteiger partial charge in [0.2, 0.25) is 5.91 Å². The van der Waals surface area contributed by atoms with Gasteiger partial charge >= 0.3 is 0 Å². The molecule has 9 heteroatoms. The molecular weight excluding hydrogens is 423 g/mol. The number of anilines is 3. The molecule has 2 aromatic heterocycles. The molecule has 0 radical (unpaired) electrons. The molecular formula is C24H25FN6O2. The fraction of sp³-hybridized carbons (Fsp3) is 0.292. The maximum absolute atomic E-state index is 13.9. The Balaban J connectivity index is 1.68. The van der Waals surface area contributed by atoms with Crippen molar-refractivity contribution in [2.75, 3.05) is 23.0 Å². The number of nitrogens with zero attached hydrogens (tertiary/aromatic N) is 6. The van der Waals surface area contributed by atoms with E-state index in [0.29, 0.717) is 18.6 Å². The highest BCUT2D eigenvalue weighted by atomic mass is 19.1. The second kappa shape index (κ2) is 8.00. The molecule has 8 nitrogen and oxygen atoms in total. The summed E-state index contributed by atoms with van der Waals surface area (Å²) in [4.78, 5) is 16.4. The highest BCUT2D eigenvalue weighted by Crippen LogP contribution is 2.43. The van der Waals surface area contributed by atoms with Crippen LogP contribution in [0.2, 0.25) is 0 Å². The minimum atomic E-state index is -0.311. The predicted octanol–water partition coefficient (Wildman–Crippen LogP) is 3.46. The number of aromatic nitrogens is 4. The fourth-order valence-electron chi connectivity index (χ4n) is 4.63. The van der Waals surface area contributed by atoms with Gasteiger partial charge in [-0.05, 0) is 42.8 Å². The molecule has 0 aliphatic carbocycles. The molecule has 33 heavy (non-hydrogen) atoms. The SMILES string of the molecule is CC(=O)N1c2ccc(-c3cnn(CCO)c3)cc2N(c2nn(C)c3cc(F)ccc23)C[C@@H]1C. The summed E-state index contributed by atoms with van der Waals surface area (Å²) < 4.78 is 17.3. The Morgan fingerprint density at radius 2 is 2.00 bits per heavy atom. The third-order valence-corrected chi connectivity index (χ3v) is 6.10. The lowest BCUT2D eigenvalue weighted by Crippen LogP contribution is -2.48. The molecule has 1 atom stereocenters. The molecule has 0 fully saturated rings. The van der Waals surface area contributed by atoms with Crippen molar-refractivity contribution in [2.24, 2.45) is 7.05 Å². The van der Waals surface area contributed by atoms with Gasteiger partial charge in [0.1, 0.15) is 5.82 Å². The van der Waals surface area contributed by atoms with Crippen LogP contribution >= 0.6 is 0 Å². The van der Waals surface area contributed by atoms with E-state index in [2.05, 4.69) is 10.00 Å². The van der Waals surface area contributed by atoms with Crippen molar-refractivity contribution in [2.45, 2.75) is 26.4 Å². The summed E-state index contributed by atoms with van der Waals surface area (Å²) in [6.07, 6.45) is 3.64. The number of benzene rings is 2. The zero-order valence-corrected chi connectivity index (χ0v) is 18.7. The van der Waals surface area contributed by atoms with Crippen molar-refractivity contribution in [3.05, 3.63) is 54.6 Å². The summed E-state index contributed by atoms with van der Waals surface area (Å²) in [5.74, 6) is 0.381. The van der Waals surface area contributed by atoms with Crippen LogP contribution in [0.3, 0.4) is 0 Å². The van der Waals surface area contributed by atoms with Crippen molar-refractivity contribution in [1.29, 1.82) is 0 Å². The van der Waals surface area contributed by atoms with E-state index in [1.165, 1.54) is 12.1 Å². The monoisotopic (exact) mass is 448 g/mol. The number of rotatable bonds is 4. The number of aliphatic hydroxyl groups excluding tert-OH is 1. The molecule has 4 aromatic rings. The van der Waals surface area contributed by atoms with Crippen molar-refractivity contribution in [3.8, 4) is 11.1 Å². The molecule has 0 unspecified atom stereocenters. The lowest BCUT2D eigenvalue weighted by Gasteiger charge is -2.41. The third-order valence-electron chi connectivity index (χ3n) is 6.10. The average Bonchev–Trinajstić information content (AvgIpc) is 3.37. The smallest absolute Gasteiger partial charge is 0.224 e. The Labute approximate surface area is 190 Å². The number of aliphatic hydroxyl groups is 1. The standard InChI is InChI=1S/C24H25FN6O2/c1-15-13-30(24-20-6-5-19(25)11-22(20)28(3)27-24)23-10-17(4-7-21(23)31(15)16(2)33)18-12-26-29(14-18)8-9-32/h4-7,10-12,14-15,32H,8-9,13H2,1-3H3/t15-/m0/s1. The second-order valence-electron chi connectivity index (χ2n) is 8.38. The lowest BCUT2D eigenvalue weighted by atomic mass is 10.0. The van der Waals surface area contributed by atoms with Gasteiger partial charge in [0.05, 0.1) is 42.3 Å². The number of fused-ring (bicyclic) bond motifs is 2. The molecule has 3 heterocycles. The summed E-state index contributed by atoms with van der Waals surface area (Å²) in [6, 6.07) is 10.5. The summed E-state index contributed by atoms with van der Waals surface area (Å²) in [5.41, 5.74) is 4.20. The van der Waals surface area contributed by atoms with Gasteiger partial charge < -0.3 is 14.9 Å². The number of halogens is 1. The van der Waals surface area contributed by atoms with Crippen LogP contribution in [0.25, 0.3) is 22.0 Å². The normalized spacial score (nSPS) is 15.8. The number of amides is 1. The van der Waals surface area contributed by atoms with Crippen molar-refractivity contribution >= 4 is 34.0 Å². The van der Waals surface area contributed by atoms with Crippen LogP contribution < -0.4 is 9.80 Å². The quantitative estimate of drug-likeness (QED) is 0.517. The van der Waals surface area contributed by atoms with Gasteiger partial charge in [0.15, 0.2) is 5.82 Å². The Bertz CT molecular complexity index is 1360. The summed E-state index contributed by atoms with van der Waals surface area (Å²) >= 11 is 0. The Morgan fingerprint density at radius 1 is 1.18 bits per heavy atom. The van der Waals surface area contributed by atoms with E-state index in [1.54, 1.807) is 40.5 Å². The first-order chi connectivity index (χ1) is 15.9. The van der Waals surface area contributed by atoms with E-state index in [-0.39, 0.29) is 24.4 Å². The lowest BCUT2D eigenvalue weighted by molar-refractivity contribution is -0.117. The highest BCUT2D eigenvalue weighted by molar-refractivity contribution is 6.01. The van der Waals surface area contributed by atoms with Gasteiger partial charge in [-0.1, -0.05) is 6.07 Å². The molecule has 0 saturated heterocycles. The fourth-order valence-corrected chi connectivity index (χ4v) is 4.63. The minimum Gasteiger partial charge on any atom is -0.394 e. The van der Waals surface area contributed by atoms with E-state index in [9.17, 15) is 14.3 Å². The van der Waals surface area contributed by atoms with Gasteiger partial charge in [-0.2, -0.15) is 10.2 Å². The zero-order valence-electron chi connectivity index (χ0n) is 18.7. The van der Waals surface area contributed by atoms with Gasteiger partial charge in [0.25, 0.3) is 0 Å². The summed E-state index contributed by atoms with van der Waals surface area (Å²) in [6.45, 7) is 4.56. The van der Waals surface area contributed by atoms with Crippen LogP contribution in [0.1, 0.15) is 13.8 Å². The number of hydrogen-bond acceptors (Lipinski definition) is 5. The van der Waals surface area contributed by atoms with Crippen molar-refractivity contribution in [1.82, 2.24) is 19.6 Å². The van der Waals surface area contributed by atoms with Crippen LogP contribution in [-0.2, 0) is 18.4 Å². The largest absolute Gasteiger partial charge is 0.394 e. The van der Waals surface area contributed by atoms with Gasteiger partial charge in [-0.3, -0.25) is 14.2 Å². The Kier molecular flexibility index (Phi) is 5.13. The van der Waals surface area contributed by atoms with Gasteiger partial charge in [-0.15, -0.1) is 0 Å².